The molecular formula is C6H14FN2P. The van der Waals surface area contributed by atoms with Gasteiger partial charge in [0.15, 0.2) is 0 Å². The third-order valence-electron chi connectivity index (χ3n) is 1.25. The van der Waals surface area contributed by atoms with Gasteiger partial charge in [0.25, 0.3) is 0 Å². The van der Waals surface area contributed by atoms with E-state index in [0.29, 0.717) is 6.42 Å². The summed E-state index contributed by atoms with van der Waals surface area (Å²) in [5.41, 5.74) is 0. The van der Waals surface area contributed by atoms with Gasteiger partial charge in [0, 0.05) is 15.8 Å². The number of hydrogen-bond acceptors (Lipinski definition) is 2. The van der Waals surface area contributed by atoms with Gasteiger partial charge in [-0.15, -0.1) is 0 Å². The molecule has 0 spiro atoms. The van der Waals surface area contributed by atoms with E-state index >= 15 is 0 Å². The molecule has 60 valence electrons. The van der Waals surface area contributed by atoms with Crippen molar-refractivity contribution in [2.24, 2.45) is 10.00 Å². The van der Waals surface area contributed by atoms with Crippen molar-refractivity contribution in [2.75, 3.05) is 0 Å². The van der Waals surface area contributed by atoms with Crippen molar-refractivity contribution >= 4 is 9.39 Å². The van der Waals surface area contributed by atoms with Crippen LogP contribution >= 0.6 is 9.39 Å². The lowest BCUT2D eigenvalue weighted by molar-refractivity contribution is 0.175. The van der Waals surface area contributed by atoms with Gasteiger partial charge in [-0.25, -0.2) is 4.39 Å². The number of unbranched alkanes of at least 4 members (excludes halogenated alkanes) is 1. The Balaban J connectivity index is 3.63. The van der Waals surface area contributed by atoms with Crippen LogP contribution in [0.5, 0.6) is 0 Å². The van der Waals surface area contributed by atoms with Crippen LogP contribution in [0.3, 0.4) is 0 Å². The Morgan fingerprint density at radius 1 is 1.60 bits per heavy atom. The van der Waals surface area contributed by atoms with Crippen LogP contribution in [-0.4, -0.2) is 5.79 Å². The molecule has 0 aromatic carbocycles. The molecule has 0 aromatic heterocycles. The molecule has 0 radical (unpaired) electrons. The van der Waals surface area contributed by atoms with Crippen molar-refractivity contribution in [3.05, 3.63) is 0 Å². The predicted molar refractivity (Wildman–Crippen MR) is 43.6 cm³/mol. The zero-order valence-corrected chi connectivity index (χ0v) is 7.63. The van der Waals surface area contributed by atoms with Crippen molar-refractivity contribution in [3.63, 3.8) is 0 Å². The first kappa shape index (κ1) is 9.96. The van der Waals surface area contributed by atoms with E-state index in [4.69, 9.17) is 0 Å². The highest BCUT2D eigenvalue weighted by Crippen LogP contribution is 2.20. The minimum absolute atomic E-state index is 0.460. The Hall–Kier alpha value is -0.0400. The molecule has 0 aliphatic carbocycles. The first-order valence-electron chi connectivity index (χ1n) is 3.43. The molecule has 0 saturated carbocycles. The van der Waals surface area contributed by atoms with Gasteiger partial charge in [0.2, 0.25) is 5.79 Å². The SMILES string of the molecule is CCCCC(C)(F)N=NP. The highest BCUT2D eigenvalue weighted by molar-refractivity contribution is 7.14. The molecule has 0 fully saturated rings. The van der Waals surface area contributed by atoms with E-state index in [1.165, 1.54) is 6.92 Å². The minimum atomic E-state index is -1.46. The predicted octanol–water partition coefficient (Wildman–Crippen LogP) is 3.10. The Morgan fingerprint density at radius 2 is 2.20 bits per heavy atom. The fourth-order valence-corrected chi connectivity index (χ4v) is 0.911. The fourth-order valence-electron chi connectivity index (χ4n) is 0.670. The van der Waals surface area contributed by atoms with E-state index < -0.39 is 5.79 Å². The highest BCUT2D eigenvalue weighted by atomic mass is 31.0. The van der Waals surface area contributed by atoms with Crippen LogP contribution < -0.4 is 0 Å². The highest BCUT2D eigenvalue weighted by Gasteiger charge is 2.20. The Bertz CT molecular complexity index is 114. The average Bonchev–Trinajstić information content (AvgIpc) is 1.84. The fraction of sp³-hybridized carbons (Fsp3) is 1.00. The van der Waals surface area contributed by atoms with Gasteiger partial charge < -0.3 is 0 Å². The summed E-state index contributed by atoms with van der Waals surface area (Å²) in [5.74, 6) is -1.46. The summed E-state index contributed by atoms with van der Waals surface area (Å²) in [4.78, 5) is 3.33. The molecule has 0 amide bonds. The van der Waals surface area contributed by atoms with E-state index in [2.05, 4.69) is 10.00 Å². The maximum absolute atomic E-state index is 13.0. The van der Waals surface area contributed by atoms with Crippen LogP contribution in [0.2, 0.25) is 0 Å². The summed E-state index contributed by atoms with van der Waals surface area (Å²) in [5, 5.41) is 3.42. The summed E-state index contributed by atoms with van der Waals surface area (Å²) >= 11 is 0. The summed E-state index contributed by atoms with van der Waals surface area (Å²) in [7, 11) is 2.03. The van der Waals surface area contributed by atoms with Crippen molar-refractivity contribution in [2.45, 2.75) is 38.9 Å². The Morgan fingerprint density at radius 3 is 2.60 bits per heavy atom. The normalized spacial score (nSPS) is 17.6. The summed E-state index contributed by atoms with van der Waals surface area (Å²) < 4.78 is 13.0. The first-order valence-corrected chi connectivity index (χ1v) is 3.95. The molecule has 4 heteroatoms. The van der Waals surface area contributed by atoms with Crippen LogP contribution in [0.1, 0.15) is 33.1 Å². The largest absolute Gasteiger partial charge is 0.217 e. The number of alkyl halides is 1. The van der Waals surface area contributed by atoms with E-state index in [0.717, 1.165) is 12.8 Å². The van der Waals surface area contributed by atoms with E-state index in [1.807, 2.05) is 16.3 Å². The number of rotatable bonds is 4. The smallest absolute Gasteiger partial charge is 0.216 e. The molecule has 0 heterocycles. The lowest BCUT2D eigenvalue weighted by Crippen LogP contribution is -2.12. The molecule has 0 rings (SSSR count). The average molecular weight is 164 g/mol. The monoisotopic (exact) mass is 164 g/mol. The molecule has 2 unspecified atom stereocenters. The standard InChI is InChI=1S/C6H14FN2P/c1-3-4-5-6(2,7)8-9-10/h3-5,10H2,1-2H3. The lowest BCUT2D eigenvalue weighted by atomic mass is 10.1. The topological polar surface area (TPSA) is 24.7 Å². The summed E-state index contributed by atoms with van der Waals surface area (Å²) in [6.07, 6.45) is 2.31. The maximum Gasteiger partial charge on any atom is 0.217 e. The van der Waals surface area contributed by atoms with Gasteiger partial charge in [0.05, 0.1) is 0 Å². The summed E-state index contributed by atoms with van der Waals surface area (Å²) in [6.45, 7) is 3.46. The van der Waals surface area contributed by atoms with Crippen LogP contribution in [0, 0.1) is 0 Å². The second kappa shape index (κ2) is 4.73. The van der Waals surface area contributed by atoms with Gasteiger partial charge in [-0.2, -0.15) is 10.00 Å². The maximum atomic E-state index is 13.0. The van der Waals surface area contributed by atoms with Gasteiger partial charge in [-0.3, -0.25) is 0 Å². The number of nitrogens with zero attached hydrogens (tertiary/aromatic N) is 2. The second-order valence-electron chi connectivity index (χ2n) is 2.46. The molecule has 0 aliphatic rings. The van der Waals surface area contributed by atoms with E-state index in [-0.39, 0.29) is 0 Å². The third kappa shape index (κ3) is 4.80. The quantitative estimate of drug-likeness (QED) is 0.346. The van der Waals surface area contributed by atoms with E-state index in [9.17, 15) is 4.39 Å². The first-order chi connectivity index (χ1) is 4.62. The lowest BCUT2D eigenvalue weighted by Gasteiger charge is -2.11. The van der Waals surface area contributed by atoms with Gasteiger partial charge >= 0.3 is 0 Å². The van der Waals surface area contributed by atoms with Crippen molar-refractivity contribution in [3.8, 4) is 0 Å². The van der Waals surface area contributed by atoms with Crippen LogP contribution in [-0.2, 0) is 0 Å². The molecule has 2 nitrogen and oxygen atoms in total. The molecule has 2 atom stereocenters. The zero-order valence-electron chi connectivity index (χ0n) is 6.47. The minimum Gasteiger partial charge on any atom is -0.216 e. The summed E-state index contributed by atoms with van der Waals surface area (Å²) in [6, 6.07) is 0. The van der Waals surface area contributed by atoms with Gasteiger partial charge in [0.1, 0.15) is 0 Å². The zero-order chi connectivity index (χ0) is 8.04. The third-order valence-corrected chi connectivity index (χ3v) is 1.37. The number of halogens is 1. The van der Waals surface area contributed by atoms with Crippen molar-refractivity contribution in [1.29, 1.82) is 0 Å². The molecule has 0 saturated heterocycles. The van der Waals surface area contributed by atoms with Crippen LogP contribution in [0.25, 0.3) is 0 Å². The second-order valence-corrected chi connectivity index (χ2v) is 2.69. The number of hydrogen-bond donors (Lipinski definition) is 0. The molecule has 0 aromatic rings. The van der Waals surface area contributed by atoms with Gasteiger partial charge in [-0.05, 0) is 13.3 Å². The van der Waals surface area contributed by atoms with Crippen molar-refractivity contribution in [1.82, 2.24) is 0 Å². The van der Waals surface area contributed by atoms with Crippen LogP contribution in [0.4, 0.5) is 4.39 Å². The van der Waals surface area contributed by atoms with E-state index in [1.54, 1.807) is 0 Å². The Kier molecular flexibility index (Phi) is 4.71. The van der Waals surface area contributed by atoms with Gasteiger partial charge in [-0.1, -0.05) is 13.3 Å². The Labute approximate surface area is 63.6 Å². The van der Waals surface area contributed by atoms with Crippen molar-refractivity contribution < 1.29 is 4.39 Å². The molecule has 0 bridgehead atoms. The molecule has 10 heavy (non-hydrogen) atoms. The molecule has 0 aliphatic heterocycles. The molecular weight excluding hydrogens is 150 g/mol. The molecule has 0 N–H and O–H groups in total. The van der Waals surface area contributed by atoms with Crippen LogP contribution in [0.15, 0.2) is 10.00 Å².